The van der Waals surface area contributed by atoms with Crippen molar-refractivity contribution in [2.45, 2.75) is 29.2 Å². The van der Waals surface area contributed by atoms with Crippen LogP contribution >= 0.6 is 22.6 Å². The minimum Gasteiger partial charge on any atom is -0.425 e. The fourth-order valence-corrected chi connectivity index (χ4v) is 5.27. The normalized spacial score (nSPS) is 17.1. The van der Waals surface area contributed by atoms with Crippen molar-refractivity contribution in [3.63, 3.8) is 0 Å². The SMILES string of the molecule is N#Cc1ccc2c(c1)NC1(CCN(Cc3ccc(F)c(F)c3)CC1)N(c1ccc(OC(F)(F)I)cc1)C2=O. The van der Waals surface area contributed by atoms with Crippen LogP contribution in [0.2, 0.25) is 0 Å². The Morgan fingerprint density at radius 1 is 1.03 bits per heavy atom. The molecule has 196 valence electrons. The highest BCUT2D eigenvalue weighted by Crippen LogP contribution is 2.42. The highest BCUT2D eigenvalue weighted by Gasteiger charge is 2.47. The van der Waals surface area contributed by atoms with Crippen LogP contribution in [0.4, 0.5) is 28.9 Å². The highest BCUT2D eigenvalue weighted by molar-refractivity contribution is 14.1. The van der Waals surface area contributed by atoms with Gasteiger partial charge in [0.2, 0.25) is 0 Å². The molecule has 2 aliphatic heterocycles. The molecule has 11 heteroatoms. The number of halogens is 5. The maximum absolute atomic E-state index is 13.8. The zero-order valence-corrected chi connectivity index (χ0v) is 22.0. The van der Waals surface area contributed by atoms with Gasteiger partial charge >= 0.3 is 4.12 Å². The second kappa shape index (κ2) is 10.1. The third-order valence-corrected chi connectivity index (χ3v) is 7.00. The van der Waals surface area contributed by atoms with Gasteiger partial charge < -0.3 is 10.1 Å². The molecule has 3 aromatic rings. The van der Waals surface area contributed by atoms with Crippen LogP contribution in [0.25, 0.3) is 0 Å². The minimum atomic E-state index is -3.37. The zero-order chi connectivity index (χ0) is 27.1. The zero-order valence-electron chi connectivity index (χ0n) is 19.9. The molecule has 6 nitrogen and oxygen atoms in total. The lowest BCUT2D eigenvalue weighted by Gasteiger charge is -2.52. The number of nitrogens with zero attached hydrogens (tertiary/aromatic N) is 3. The Morgan fingerprint density at radius 3 is 2.37 bits per heavy atom. The summed E-state index contributed by atoms with van der Waals surface area (Å²) in [5, 5.41) is 12.8. The maximum atomic E-state index is 13.8. The smallest absolute Gasteiger partial charge is 0.425 e. The summed E-state index contributed by atoms with van der Waals surface area (Å²) in [6, 6.07) is 16.6. The molecular formula is C27H21F4IN4O2. The van der Waals surface area contributed by atoms with Crippen LogP contribution in [0.5, 0.6) is 5.75 Å². The fraction of sp³-hybridized carbons (Fsp3) is 0.259. The van der Waals surface area contributed by atoms with Crippen molar-refractivity contribution in [1.82, 2.24) is 4.90 Å². The number of ether oxygens (including phenoxy) is 1. The molecule has 0 atom stereocenters. The molecule has 0 aliphatic carbocycles. The topological polar surface area (TPSA) is 68.6 Å². The number of benzene rings is 3. The molecule has 1 fully saturated rings. The number of amides is 1. The predicted molar refractivity (Wildman–Crippen MR) is 141 cm³/mol. The first kappa shape index (κ1) is 26.2. The summed E-state index contributed by atoms with van der Waals surface area (Å²) in [5.74, 6) is -2.13. The highest BCUT2D eigenvalue weighted by atomic mass is 127. The lowest BCUT2D eigenvalue weighted by molar-refractivity contribution is -0.0691. The average Bonchev–Trinajstić information content (AvgIpc) is 2.87. The summed E-state index contributed by atoms with van der Waals surface area (Å²) < 4.78 is 54.9. The number of fused-ring (bicyclic) bond motifs is 1. The molecule has 0 bridgehead atoms. The van der Waals surface area contributed by atoms with Crippen LogP contribution < -0.4 is 15.0 Å². The van der Waals surface area contributed by atoms with Crippen molar-refractivity contribution in [1.29, 1.82) is 5.26 Å². The van der Waals surface area contributed by atoms with Crippen LogP contribution in [-0.4, -0.2) is 33.7 Å². The molecule has 2 heterocycles. The van der Waals surface area contributed by atoms with E-state index in [1.54, 1.807) is 41.3 Å². The van der Waals surface area contributed by atoms with Gasteiger partial charge in [0.25, 0.3) is 5.91 Å². The Bertz CT molecular complexity index is 1410. The monoisotopic (exact) mass is 636 g/mol. The number of rotatable bonds is 5. The Morgan fingerprint density at radius 2 is 1.74 bits per heavy atom. The second-order valence-corrected chi connectivity index (χ2v) is 10.5. The van der Waals surface area contributed by atoms with Crippen molar-refractivity contribution >= 4 is 39.9 Å². The molecule has 0 radical (unpaired) electrons. The first-order valence-corrected chi connectivity index (χ1v) is 12.8. The summed E-state index contributed by atoms with van der Waals surface area (Å²) in [5.41, 5.74) is 1.61. The number of piperidine rings is 1. The Labute approximate surface area is 229 Å². The third-order valence-electron chi connectivity index (χ3n) is 6.78. The molecule has 0 saturated carbocycles. The molecule has 5 rings (SSSR count). The Balaban J connectivity index is 1.45. The van der Waals surface area contributed by atoms with E-state index in [0.29, 0.717) is 60.5 Å². The van der Waals surface area contributed by atoms with Gasteiger partial charge in [-0.2, -0.15) is 14.0 Å². The van der Waals surface area contributed by atoms with E-state index in [1.165, 1.54) is 18.2 Å². The van der Waals surface area contributed by atoms with Gasteiger partial charge in [-0.15, -0.1) is 0 Å². The van der Waals surface area contributed by atoms with Gasteiger partial charge in [-0.3, -0.25) is 14.6 Å². The van der Waals surface area contributed by atoms with Crippen LogP contribution in [0.3, 0.4) is 0 Å². The minimum absolute atomic E-state index is 0.0416. The van der Waals surface area contributed by atoms with Crippen molar-refractivity contribution in [3.8, 4) is 11.8 Å². The van der Waals surface area contributed by atoms with Gasteiger partial charge in [-0.05, 0) is 60.2 Å². The largest absolute Gasteiger partial charge is 0.451 e. The van der Waals surface area contributed by atoms with Crippen molar-refractivity contribution in [3.05, 3.63) is 89.0 Å². The van der Waals surface area contributed by atoms with Gasteiger partial charge in [0.15, 0.2) is 11.6 Å². The number of nitrogens with one attached hydrogen (secondary N) is 1. The van der Waals surface area contributed by atoms with Crippen LogP contribution in [0.1, 0.15) is 34.3 Å². The lowest BCUT2D eigenvalue weighted by Crippen LogP contribution is -2.64. The standard InChI is InChI=1S/C27H21F4IN4O2/c28-22-8-2-18(13-23(22)29)16-35-11-9-26(10-12-35)34-24-14-17(15-33)1-7-21(24)25(37)36(26)19-3-5-20(6-4-19)38-27(30,31)32/h1-8,13-14,34H,9-12,16H2. The summed E-state index contributed by atoms with van der Waals surface area (Å²) in [6.45, 7) is 1.48. The quantitative estimate of drug-likeness (QED) is 0.203. The summed E-state index contributed by atoms with van der Waals surface area (Å²) >= 11 is 0.887. The van der Waals surface area contributed by atoms with Crippen LogP contribution in [-0.2, 0) is 6.54 Å². The van der Waals surface area contributed by atoms with E-state index in [4.69, 9.17) is 0 Å². The third kappa shape index (κ3) is 5.28. The van der Waals surface area contributed by atoms with E-state index in [2.05, 4.69) is 21.0 Å². The molecule has 1 spiro atoms. The summed E-state index contributed by atoms with van der Waals surface area (Å²) in [4.78, 5) is 17.5. The number of nitriles is 1. The molecule has 0 unspecified atom stereocenters. The van der Waals surface area contributed by atoms with E-state index < -0.39 is 21.4 Å². The number of carbonyl (C=O) groups is 1. The van der Waals surface area contributed by atoms with E-state index in [9.17, 15) is 27.6 Å². The molecular weight excluding hydrogens is 615 g/mol. The van der Waals surface area contributed by atoms with Crippen LogP contribution in [0, 0.1) is 23.0 Å². The van der Waals surface area contributed by atoms with Crippen molar-refractivity contribution < 1.29 is 27.1 Å². The Kier molecular flexibility index (Phi) is 6.96. The van der Waals surface area contributed by atoms with Gasteiger partial charge in [0.05, 0.1) is 45.5 Å². The van der Waals surface area contributed by atoms with Crippen LogP contribution in [0.15, 0.2) is 60.7 Å². The number of carbonyl (C=O) groups excluding carboxylic acids is 1. The molecule has 1 saturated heterocycles. The van der Waals surface area contributed by atoms with Crippen molar-refractivity contribution in [2.24, 2.45) is 0 Å². The number of anilines is 2. The number of hydrogen-bond donors (Lipinski definition) is 1. The molecule has 3 aromatic carbocycles. The molecule has 1 amide bonds. The van der Waals surface area contributed by atoms with E-state index in [-0.39, 0.29) is 11.7 Å². The molecule has 2 aliphatic rings. The van der Waals surface area contributed by atoms with E-state index >= 15 is 0 Å². The number of hydrogen-bond acceptors (Lipinski definition) is 5. The van der Waals surface area contributed by atoms with E-state index in [0.717, 1.165) is 28.7 Å². The maximum Gasteiger partial charge on any atom is 0.451 e. The average molecular weight is 636 g/mol. The number of alkyl halides is 3. The first-order valence-electron chi connectivity index (χ1n) is 11.8. The van der Waals surface area contributed by atoms with Gasteiger partial charge in [-0.1, -0.05) is 6.07 Å². The Hall–Kier alpha value is -3.37. The first-order chi connectivity index (χ1) is 18.1. The predicted octanol–water partition coefficient (Wildman–Crippen LogP) is 6.27. The van der Waals surface area contributed by atoms with Gasteiger partial charge in [0, 0.05) is 38.2 Å². The number of likely N-dealkylation sites (tertiary alicyclic amines) is 1. The second-order valence-electron chi connectivity index (χ2n) is 9.24. The summed E-state index contributed by atoms with van der Waals surface area (Å²) in [7, 11) is 0. The summed E-state index contributed by atoms with van der Waals surface area (Å²) in [6.07, 6.45) is 0.950. The molecule has 38 heavy (non-hydrogen) atoms. The lowest BCUT2D eigenvalue weighted by atomic mass is 9.88. The fourth-order valence-electron chi connectivity index (χ4n) is 5.01. The van der Waals surface area contributed by atoms with Gasteiger partial charge in [-0.25, -0.2) is 8.78 Å². The molecule has 1 N–H and O–H groups in total. The molecule has 0 aromatic heterocycles. The van der Waals surface area contributed by atoms with E-state index in [1.807, 2.05) is 0 Å². The van der Waals surface area contributed by atoms with Crippen molar-refractivity contribution in [2.75, 3.05) is 23.3 Å². The van der Waals surface area contributed by atoms with Gasteiger partial charge in [0.1, 0.15) is 11.4 Å².